The molecule has 0 amide bonds. The van der Waals surface area contributed by atoms with E-state index in [1.54, 1.807) is 54.6 Å². The SMILES string of the molecule is COC([C@@H](OC(=O)c1ccccc1)[C@H](OC(=O)c1ccccc1)[C@H](O)COC(=O)c1ccccc1)n1cc(CN2CCN(Cc3ccccc3)CC2)c(=O)[nH]c1=O. The zero-order valence-corrected chi connectivity index (χ0v) is 31.3. The number of aliphatic hydroxyl groups is 1. The molecule has 57 heavy (non-hydrogen) atoms. The summed E-state index contributed by atoms with van der Waals surface area (Å²) in [5, 5.41) is 11.7. The number of carbonyl (C=O) groups excluding carboxylic acids is 3. The zero-order chi connectivity index (χ0) is 40.1. The highest BCUT2D eigenvalue weighted by Crippen LogP contribution is 2.26. The molecule has 4 aromatic carbocycles. The van der Waals surface area contributed by atoms with Crippen LogP contribution in [-0.2, 0) is 32.0 Å². The number of aromatic amines is 1. The Morgan fingerprint density at radius 1 is 0.649 bits per heavy atom. The van der Waals surface area contributed by atoms with Crippen molar-refractivity contribution in [1.82, 2.24) is 19.4 Å². The first-order chi connectivity index (χ1) is 27.7. The van der Waals surface area contributed by atoms with Gasteiger partial charge < -0.3 is 24.1 Å². The number of piperazine rings is 1. The topological polar surface area (TPSA) is 170 Å². The number of H-pyrrole nitrogens is 1. The van der Waals surface area contributed by atoms with Gasteiger partial charge in [0.1, 0.15) is 12.7 Å². The monoisotopic (exact) mass is 776 g/mol. The Bertz CT molecular complexity index is 2190. The van der Waals surface area contributed by atoms with Gasteiger partial charge in [0.2, 0.25) is 0 Å². The summed E-state index contributed by atoms with van der Waals surface area (Å²) >= 11 is 0. The van der Waals surface area contributed by atoms with Crippen molar-refractivity contribution >= 4 is 17.9 Å². The Hall–Kier alpha value is -6.19. The van der Waals surface area contributed by atoms with Gasteiger partial charge in [-0.15, -0.1) is 0 Å². The number of methoxy groups -OCH3 is 1. The molecular formula is C43H44N4O10. The highest BCUT2D eigenvalue weighted by atomic mass is 16.6. The normalized spacial score (nSPS) is 15.5. The minimum atomic E-state index is -1.82. The maximum Gasteiger partial charge on any atom is 0.338 e. The van der Waals surface area contributed by atoms with E-state index in [9.17, 15) is 29.1 Å². The molecule has 4 atom stereocenters. The van der Waals surface area contributed by atoms with Gasteiger partial charge in [0, 0.05) is 58.1 Å². The number of aromatic nitrogens is 2. The molecule has 5 aromatic rings. The number of carbonyl (C=O) groups is 3. The molecule has 2 heterocycles. The van der Waals surface area contributed by atoms with Crippen LogP contribution in [0.2, 0.25) is 0 Å². The maximum absolute atomic E-state index is 13.7. The number of esters is 3. The van der Waals surface area contributed by atoms with Crippen LogP contribution in [0.25, 0.3) is 0 Å². The molecule has 1 saturated heterocycles. The van der Waals surface area contributed by atoms with Crippen molar-refractivity contribution in [1.29, 1.82) is 0 Å². The smallest absolute Gasteiger partial charge is 0.338 e. The van der Waals surface area contributed by atoms with Gasteiger partial charge >= 0.3 is 23.6 Å². The third-order valence-corrected chi connectivity index (χ3v) is 9.55. The molecule has 0 spiro atoms. The van der Waals surface area contributed by atoms with Crippen molar-refractivity contribution in [3.8, 4) is 0 Å². The lowest BCUT2D eigenvalue weighted by Gasteiger charge is -2.35. The summed E-state index contributed by atoms with van der Waals surface area (Å²) in [5.74, 6) is -2.58. The molecule has 0 saturated carbocycles. The van der Waals surface area contributed by atoms with Crippen molar-refractivity contribution in [3.63, 3.8) is 0 Å². The van der Waals surface area contributed by atoms with Crippen molar-refractivity contribution < 1.29 is 38.4 Å². The summed E-state index contributed by atoms with van der Waals surface area (Å²) in [6.45, 7) is 3.09. The van der Waals surface area contributed by atoms with Gasteiger partial charge in [0.15, 0.2) is 18.4 Å². The molecule has 2 N–H and O–H groups in total. The van der Waals surface area contributed by atoms with E-state index >= 15 is 0 Å². The summed E-state index contributed by atoms with van der Waals surface area (Å²) in [6, 6.07) is 34.0. The lowest BCUT2D eigenvalue weighted by Crippen LogP contribution is -2.52. The Morgan fingerprint density at radius 2 is 1.11 bits per heavy atom. The van der Waals surface area contributed by atoms with E-state index in [-0.39, 0.29) is 28.8 Å². The van der Waals surface area contributed by atoms with Gasteiger partial charge in [-0.25, -0.2) is 19.2 Å². The number of nitrogens with zero attached hydrogens (tertiary/aromatic N) is 3. The predicted octanol–water partition coefficient (Wildman–Crippen LogP) is 3.67. The fraction of sp³-hybridized carbons (Fsp3) is 0.279. The molecule has 1 fully saturated rings. The van der Waals surface area contributed by atoms with E-state index in [0.717, 1.165) is 24.2 Å². The van der Waals surface area contributed by atoms with Crippen LogP contribution >= 0.6 is 0 Å². The standard InChI is InChI=1S/C43H44N4O10/c1-54-39(47-28-34(38(49)44-43(47)53)27-46-24-22-45(23-25-46)26-30-14-6-2-7-15-30)37(57-42(52)33-20-12-5-13-21-33)36(56-41(51)32-18-10-4-11-19-32)35(48)29-55-40(50)31-16-8-3-9-17-31/h2-21,28,35-37,39,48H,22-27,29H2,1H3,(H,44,49,53)/t35-,36-,37+,39?/m1/s1. The Labute approximate surface area is 328 Å². The fourth-order valence-electron chi connectivity index (χ4n) is 6.52. The molecule has 14 nitrogen and oxygen atoms in total. The van der Waals surface area contributed by atoms with Crippen molar-refractivity contribution in [2.24, 2.45) is 0 Å². The minimum absolute atomic E-state index is 0.102. The van der Waals surface area contributed by atoms with Crippen molar-refractivity contribution in [2.75, 3.05) is 39.9 Å². The Kier molecular flexibility index (Phi) is 13.9. The zero-order valence-electron chi connectivity index (χ0n) is 31.3. The first-order valence-corrected chi connectivity index (χ1v) is 18.5. The molecular weight excluding hydrogens is 732 g/mol. The summed E-state index contributed by atoms with van der Waals surface area (Å²) in [6.07, 6.45) is -5.64. The van der Waals surface area contributed by atoms with Crippen LogP contribution < -0.4 is 11.2 Å². The molecule has 1 unspecified atom stereocenters. The second-order valence-electron chi connectivity index (χ2n) is 13.5. The van der Waals surface area contributed by atoms with Gasteiger partial charge in [-0.05, 0) is 42.0 Å². The van der Waals surface area contributed by atoms with Crippen molar-refractivity contribution in [3.05, 3.63) is 176 Å². The molecule has 296 valence electrons. The summed E-state index contributed by atoms with van der Waals surface area (Å²) in [4.78, 5) is 73.8. The van der Waals surface area contributed by atoms with Crippen LogP contribution in [0.15, 0.2) is 137 Å². The van der Waals surface area contributed by atoms with E-state index in [2.05, 4.69) is 26.9 Å². The molecule has 0 aliphatic carbocycles. The summed E-state index contributed by atoms with van der Waals surface area (Å²) in [5.41, 5.74) is 0.306. The predicted molar refractivity (Wildman–Crippen MR) is 208 cm³/mol. The fourth-order valence-corrected chi connectivity index (χ4v) is 6.52. The molecule has 0 radical (unpaired) electrons. The Balaban J connectivity index is 1.31. The molecule has 1 aromatic heterocycles. The summed E-state index contributed by atoms with van der Waals surface area (Å²) in [7, 11) is 1.23. The van der Waals surface area contributed by atoms with Gasteiger partial charge in [-0.2, -0.15) is 0 Å². The van der Waals surface area contributed by atoms with Gasteiger partial charge in [-0.3, -0.25) is 24.1 Å². The van der Waals surface area contributed by atoms with E-state index in [1.807, 2.05) is 18.2 Å². The molecule has 6 rings (SSSR count). The van der Waals surface area contributed by atoms with E-state index in [1.165, 1.54) is 55.3 Å². The van der Waals surface area contributed by atoms with Gasteiger partial charge in [-0.1, -0.05) is 84.9 Å². The lowest BCUT2D eigenvalue weighted by molar-refractivity contribution is -0.153. The highest BCUT2D eigenvalue weighted by molar-refractivity contribution is 5.90. The highest BCUT2D eigenvalue weighted by Gasteiger charge is 2.43. The lowest BCUT2D eigenvalue weighted by atomic mass is 10.0. The Morgan fingerprint density at radius 3 is 1.61 bits per heavy atom. The van der Waals surface area contributed by atoms with Crippen LogP contribution in [0.5, 0.6) is 0 Å². The van der Waals surface area contributed by atoms with Crippen LogP contribution in [0.3, 0.4) is 0 Å². The summed E-state index contributed by atoms with van der Waals surface area (Å²) < 4.78 is 24.1. The number of nitrogens with one attached hydrogen (secondary N) is 1. The first-order valence-electron chi connectivity index (χ1n) is 18.5. The minimum Gasteiger partial charge on any atom is -0.459 e. The first kappa shape index (κ1) is 40.5. The van der Waals surface area contributed by atoms with Crippen LogP contribution in [0.4, 0.5) is 0 Å². The number of ether oxygens (including phenoxy) is 4. The second kappa shape index (κ2) is 19.6. The van der Waals surface area contributed by atoms with Crippen LogP contribution in [0.1, 0.15) is 48.4 Å². The van der Waals surface area contributed by atoms with E-state index in [0.29, 0.717) is 13.1 Å². The van der Waals surface area contributed by atoms with E-state index in [4.69, 9.17) is 18.9 Å². The molecule has 14 heteroatoms. The number of hydrogen-bond acceptors (Lipinski definition) is 12. The molecule has 0 bridgehead atoms. The van der Waals surface area contributed by atoms with Crippen LogP contribution in [-0.4, -0.2) is 101 Å². The number of rotatable bonds is 16. The quantitative estimate of drug-likeness (QED) is 0.110. The third-order valence-electron chi connectivity index (χ3n) is 9.55. The van der Waals surface area contributed by atoms with Crippen molar-refractivity contribution in [2.45, 2.75) is 37.6 Å². The largest absolute Gasteiger partial charge is 0.459 e. The number of aliphatic hydroxyl groups excluding tert-OH is 1. The maximum atomic E-state index is 13.7. The van der Waals surface area contributed by atoms with E-state index < -0.39 is 60.3 Å². The van der Waals surface area contributed by atoms with Crippen LogP contribution in [0, 0.1) is 0 Å². The van der Waals surface area contributed by atoms with Gasteiger partial charge in [0.05, 0.1) is 16.7 Å². The number of benzene rings is 4. The average molecular weight is 777 g/mol. The second-order valence-corrected chi connectivity index (χ2v) is 13.5. The third kappa shape index (κ3) is 10.8. The van der Waals surface area contributed by atoms with Gasteiger partial charge in [0.25, 0.3) is 5.56 Å². The average Bonchev–Trinajstić information content (AvgIpc) is 3.25. The molecule has 1 aliphatic rings. The number of hydrogen-bond donors (Lipinski definition) is 2. The molecule has 1 aliphatic heterocycles.